The zero-order valence-corrected chi connectivity index (χ0v) is 8.00. The van der Waals surface area contributed by atoms with Crippen molar-refractivity contribution in [2.24, 2.45) is 0 Å². The molecule has 70 valence electrons. The summed E-state index contributed by atoms with van der Waals surface area (Å²) in [6.45, 7) is 0. The second kappa shape index (κ2) is 3.16. The number of hydrogen-bond acceptors (Lipinski definition) is 5. The van der Waals surface area contributed by atoms with Crippen LogP contribution in [0.1, 0.15) is 5.56 Å². The monoisotopic (exact) mass is 207 g/mol. The molecule has 14 heavy (non-hydrogen) atoms. The molecule has 0 aromatic carbocycles. The van der Waals surface area contributed by atoms with Gasteiger partial charge in [-0.1, -0.05) is 11.8 Å². The van der Waals surface area contributed by atoms with Gasteiger partial charge in [0.05, 0.1) is 6.20 Å². The van der Waals surface area contributed by atoms with Crippen molar-refractivity contribution in [3.8, 4) is 6.07 Å². The van der Waals surface area contributed by atoms with E-state index in [1.807, 2.05) is 6.07 Å². The van der Waals surface area contributed by atoms with E-state index in [0.29, 0.717) is 16.4 Å². The van der Waals surface area contributed by atoms with Gasteiger partial charge < -0.3 is 0 Å². The van der Waals surface area contributed by atoms with Crippen LogP contribution in [0.25, 0.3) is 5.65 Å². The number of nitrogens with one attached hydrogen (secondary N) is 1. The minimum absolute atomic E-state index is 0.333. The molecule has 6 nitrogen and oxygen atoms in total. The van der Waals surface area contributed by atoms with Gasteiger partial charge in [0.15, 0.2) is 10.8 Å². The van der Waals surface area contributed by atoms with E-state index in [4.69, 9.17) is 5.26 Å². The van der Waals surface area contributed by atoms with Crippen molar-refractivity contribution in [2.45, 2.75) is 5.16 Å². The molecule has 2 rings (SSSR count). The van der Waals surface area contributed by atoms with E-state index in [9.17, 15) is 4.79 Å². The highest BCUT2D eigenvalue weighted by Crippen LogP contribution is 2.12. The van der Waals surface area contributed by atoms with Crippen LogP contribution in [0, 0.1) is 11.3 Å². The molecular formula is C7H5N5OS. The van der Waals surface area contributed by atoms with Crippen molar-refractivity contribution < 1.29 is 0 Å². The van der Waals surface area contributed by atoms with Crippen LogP contribution in [0.15, 0.2) is 16.1 Å². The van der Waals surface area contributed by atoms with Gasteiger partial charge in [-0.3, -0.25) is 4.98 Å². The third kappa shape index (κ3) is 1.16. The fraction of sp³-hybridized carbons (Fsp3) is 0.143. The lowest BCUT2D eigenvalue weighted by Gasteiger charge is -1.97. The Morgan fingerprint density at radius 3 is 3.14 bits per heavy atom. The topological polar surface area (TPSA) is 86.8 Å². The Bertz CT molecular complexity index is 578. The van der Waals surface area contributed by atoms with Gasteiger partial charge in [-0.2, -0.15) is 19.9 Å². The van der Waals surface area contributed by atoms with Crippen LogP contribution >= 0.6 is 11.8 Å². The van der Waals surface area contributed by atoms with E-state index in [-0.39, 0.29) is 0 Å². The summed E-state index contributed by atoms with van der Waals surface area (Å²) in [5.41, 5.74) is 0.246. The van der Waals surface area contributed by atoms with E-state index in [2.05, 4.69) is 15.1 Å². The summed E-state index contributed by atoms with van der Waals surface area (Å²) in [5, 5.41) is 13.1. The Morgan fingerprint density at radius 2 is 2.50 bits per heavy atom. The first-order valence-corrected chi connectivity index (χ1v) is 4.91. The molecule has 0 unspecified atom stereocenters. The lowest BCUT2D eigenvalue weighted by molar-refractivity contribution is 0.753. The van der Waals surface area contributed by atoms with Gasteiger partial charge in [0.2, 0.25) is 0 Å². The molecule has 0 amide bonds. The zero-order valence-electron chi connectivity index (χ0n) is 7.18. The standard InChI is InChI=1S/C7H5N5OS/c1-14-7-11-6(13)10-5-4(2-8)3-9-12(5)7/h3H,1H3,(H,10,13). The molecule has 0 fully saturated rings. The van der Waals surface area contributed by atoms with Crippen LogP contribution in [-0.4, -0.2) is 25.8 Å². The quantitative estimate of drug-likeness (QED) is 0.665. The summed E-state index contributed by atoms with van der Waals surface area (Å²) < 4.78 is 1.44. The average Bonchev–Trinajstić information content (AvgIpc) is 2.59. The maximum absolute atomic E-state index is 11.1. The molecule has 2 aromatic rings. The van der Waals surface area contributed by atoms with Crippen molar-refractivity contribution in [3.05, 3.63) is 22.2 Å². The van der Waals surface area contributed by atoms with E-state index in [0.717, 1.165) is 0 Å². The van der Waals surface area contributed by atoms with Crippen LogP contribution in [0.4, 0.5) is 0 Å². The minimum atomic E-state index is -0.473. The van der Waals surface area contributed by atoms with Gasteiger partial charge in [-0.25, -0.2) is 4.79 Å². The number of nitriles is 1. The maximum Gasteiger partial charge on any atom is 0.349 e. The Hall–Kier alpha value is -1.81. The second-order valence-corrected chi connectivity index (χ2v) is 3.23. The van der Waals surface area contributed by atoms with Crippen LogP contribution in [-0.2, 0) is 0 Å². The Labute approximate surface area is 82.6 Å². The molecular weight excluding hydrogens is 202 g/mol. The average molecular weight is 207 g/mol. The zero-order chi connectivity index (χ0) is 10.1. The molecule has 0 aliphatic carbocycles. The molecule has 1 N–H and O–H groups in total. The number of aromatic amines is 1. The number of nitrogens with zero attached hydrogens (tertiary/aromatic N) is 4. The molecule has 0 saturated carbocycles. The van der Waals surface area contributed by atoms with E-state index < -0.39 is 5.69 Å². The normalized spacial score (nSPS) is 10.3. The third-order valence-corrected chi connectivity index (χ3v) is 2.31. The predicted octanol–water partition coefficient (Wildman–Crippen LogP) is 0.0112. The molecule has 0 aliphatic rings. The van der Waals surface area contributed by atoms with Crippen LogP contribution < -0.4 is 5.69 Å². The van der Waals surface area contributed by atoms with Gasteiger partial charge in [0.25, 0.3) is 0 Å². The first-order valence-electron chi connectivity index (χ1n) is 3.68. The predicted molar refractivity (Wildman–Crippen MR) is 50.1 cm³/mol. The van der Waals surface area contributed by atoms with Crippen molar-refractivity contribution >= 4 is 17.4 Å². The number of fused-ring (bicyclic) bond motifs is 1. The third-order valence-electron chi connectivity index (χ3n) is 1.68. The summed E-state index contributed by atoms with van der Waals surface area (Å²) in [7, 11) is 0. The summed E-state index contributed by atoms with van der Waals surface area (Å²) in [4.78, 5) is 17.3. The van der Waals surface area contributed by atoms with Gasteiger partial charge in [-0.15, -0.1) is 0 Å². The van der Waals surface area contributed by atoms with Gasteiger partial charge in [0, 0.05) is 0 Å². The largest absolute Gasteiger partial charge is 0.349 e. The first kappa shape index (κ1) is 8.77. The van der Waals surface area contributed by atoms with Gasteiger partial charge in [-0.05, 0) is 6.26 Å². The van der Waals surface area contributed by atoms with Crippen LogP contribution in [0.2, 0.25) is 0 Å². The lowest BCUT2D eigenvalue weighted by atomic mass is 10.4. The van der Waals surface area contributed by atoms with Crippen molar-refractivity contribution in [1.29, 1.82) is 5.26 Å². The number of aromatic nitrogens is 4. The number of H-pyrrole nitrogens is 1. The van der Waals surface area contributed by atoms with Crippen molar-refractivity contribution in [1.82, 2.24) is 19.6 Å². The molecule has 2 aromatic heterocycles. The van der Waals surface area contributed by atoms with E-state index in [1.165, 1.54) is 22.5 Å². The highest BCUT2D eigenvalue weighted by molar-refractivity contribution is 7.98. The molecule has 2 heterocycles. The van der Waals surface area contributed by atoms with E-state index in [1.54, 1.807) is 6.26 Å². The molecule has 0 atom stereocenters. The summed E-state index contributed by atoms with van der Waals surface area (Å²) in [6, 6.07) is 1.94. The highest BCUT2D eigenvalue weighted by Gasteiger charge is 2.08. The SMILES string of the molecule is CSc1nc(=O)[nH]c2c(C#N)cnn12. The fourth-order valence-electron chi connectivity index (χ4n) is 1.09. The van der Waals surface area contributed by atoms with Crippen molar-refractivity contribution in [3.63, 3.8) is 0 Å². The summed E-state index contributed by atoms with van der Waals surface area (Å²) in [5.74, 6) is 0. The highest BCUT2D eigenvalue weighted by atomic mass is 32.2. The molecule has 0 bridgehead atoms. The van der Waals surface area contributed by atoms with Crippen LogP contribution in [0.5, 0.6) is 0 Å². The number of thioether (sulfide) groups is 1. The maximum atomic E-state index is 11.1. The molecule has 0 saturated heterocycles. The molecule has 0 spiro atoms. The molecule has 7 heteroatoms. The van der Waals surface area contributed by atoms with Gasteiger partial charge in [0.1, 0.15) is 11.6 Å². The Morgan fingerprint density at radius 1 is 1.71 bits per heavy atom. The number of hydrogen-bond donors (Lipinski definition) is 1. The molecule has 0 radical (unpaired) electrons. The molecule has 0 aliphatic heterocycles. The summed E-state index contributed by atoms with van der Waals surface area (Å²) in [6.07, 6.45) is 3.18. The fourth-order valence-corrected chi connectivity index (χ4v) is 1.58. The van der Waals surface area contributed by atoms with E-state index >= 15 is 0 Å². The summed E-state index contributed by atoms with van der Waals surface area (Å²) >= 11 is 1.30. The Balaban J connectivity index is 2.92. The van der Waals surface area contributed by atoms with Gasteiger partial charge >= 0.3 is 5.69 Å². The number of rotatable bonds is 1. The first-order chi connectivity index (χ1) is 6.76. The second-order valence-electron chi connectivity index (χ2n) is 2.46. The lowest BCUT2D eigenvalue weighted by Crippen LogP contribution is -2.15. The van der Waals surface area contributed by atoms with Crippen molar-refractivity contribution in [2.75, 3.05) is 6.26 Å². The minimum Gasteiger partial charge on any atom is -0.289 e. The van der Waals surface area contributed by atoms with Crippen LogP contribution in [0.3, 0.4) is 0 Å². The Kier molecular flexibility index (Phi) is 1.98. The smallest absolute Gasteiger partial charge is 0.289 e.